The molecule has 3 aromatic carbocycles. The molecule has 5 rings (SSSR count). The van der Waals surface area contributed by atoms with E-state index in [-0.39, 0.29) is 30.3 Å². The summed E-state index contributed by atoms with van der Waals surface area (Å²) in [6.07, 6.45) is 8.09. The number of nitrogens with two attached hydrogens (primary N) is 7. The van der Waals surface area contributed by atoms with Crippen LogP contribution in [0.1, 0.15) is 13.3 Å². The highest BCUT2D eigenvalue weighted by Gasteiger charge is 2.14. The fraction of sp³-hybridized carbons (Fsp3) is 0.206. The van der Waals surface area contributed by atoms with E-state index in [1.165, 1.54) is 6.20 Å². The normalized spacial score (nSPS) is 14.2. The van der Waals surface area contributed by atoms with Crippen LogP contribution in [0.4, 0.5) is 34.3 Å². The quantitative estimate of drug-likeness (QED) is 0.0845. The van der Waals surface area contributed by atoms with E-state index in [0.29, 0.717) is 41.7 Å². The summed E-state index contributed by atoms with van der Waals surface area (Å²) in [5.74, 6) is 0.894. The van der Waals surface area contributed by atoms with Gasteiger partial charge < -0.3 is 65.5 Å². The predicted molar refractivity (Wildman–Crippen MR) is 194 cm³/mol. The molecule has 0 fully saturated rings. The van der Waals surface area contributed by atoms with Crippen molar-refractivity contribution in [3.8, 4) is 11.5 Å². The van der Waals surface area contributed by atoms with Crippen LogP contribution in [0.15, 0.2) is 115 Å². The van der Waals surface area contributed by atoms with Crippen molar-refractivity contribution >= 4 is 34.3 Å². The lowest BCUT2D eigenvalue weighted by Crippen LogP contribution is -2.34. The number of aliphatic hydroxyl groups excluding tert-OH is 2. The maximum absolute atomic E-state index is 8.83. The lowest BCUT2D eigenvalue weighted by molar-refractivity contribution is 0.281. The van der Waals surface area contributed by atoms with E-state index in [0.717, 1.165) is 17.8 Å². The van der Waals surface area contributed by atoms with Gasteiger partial charge in [-0.2, -0.15) is 0 Å². The van der Waals surface area contributed by atoms with Crippen molar-refractivity contribution in [1.29, 1.82) is 0 Å². The van der Waals surface area contributed by atoms with Gasteiger partial charge in [0.15, 0.2) is 0 Å². The standard InChI is InChI=1S/C10H16N2O2.C7H12N2.2C6H7NO.C5H7N3/c11-9-1-3-10(4-2-9)12(5-7-13)6-8-14;1-7(9)4-2-6(8)3-5-7;7-5-1-3-6(8)4-2-5;7-5-3-1-2-4-6(5)8;6-4-1-2-5(7)8-3-4/h1-4,13-14H,5-8,11H2;2-4H,5,8-9H2,1H3;2*1-4,8H,7H2;1-3H,6H2,(H2,7,8). The zero-order valence-corrected chi connectivity index (χ0v) is 26.7. The molecule has 1 unspecified atom stereocenters. The van der Waals surface area contributed by atoms with Crippen LogP contribution in [0, 0.1) is 0 Å². The van der Waals surface area contributed by atoms with E-state index in [9.17, 15) is 0 Å². The molecule has 0 saturated heterocycles. The Morgan fingerprint density at radius 1 is 0.723 bits per heavy atom. The molecule has 0 amide bonds. The molecule has 4 aromatic rings. The van der Waals surface area contributed by atoms with Gasteiger partial charge in [0.2, 0.25) is 0 Å². The number of nitrogen functional groups attached to an aromatic ring is 5. The number of hydrogen-bond acceptors (Lipinski definition) is 13. The predicted octanol–water partition coefficient (Wildman–Crippen LogP) is 2.76. The zero-order valence-electron chi connectivity index (χ0n) is 26.7. The Bertz CT molecular complexity index is 1370. The molecule has 1 heterocycles. The third-order valence-corrected chi connectivity index (χ3v) is 6.07. The largest absolute Gasteiger partial charge is 0.508 e. The number of phenols is 2. The van der Waals surface area contributed by atoms with Crippen LogP contribution in [0.3, 0.4) is 0 Å². The number of aromatic hydroxyl groups is 2. The van der Waals surface area contributed by atoms with Crippen LogP contribution in [-0.2, 0) is 0 Å². The van der Waals surface area contributed by atoms with E-state index in [1.807, 2.05) is 42.2 Å². The Hall–Kier alpha value is -5.63. The highest BCUT2D eigenvalue weighted by atomic mass is 16.3. The highest BCUT2D eigenvalue weighted by Crippen LogP contribution is 2.17. The summed E-state index contributed by atoms with van der Waals surface area (Å²) in [5.41, 5.74) is 42.0. The second-order valence-electron chi connectivity index (χ2n) is 10.4. The van der Waals surface area contributed by atoms with Gasteiger partial charge in [-0.25, -0.2) is 4.98 Å². The van der Waals surface area contributed by atoms with Gasteiger partial charge in [-0.15, -0.1) is 0 Å². The van der Waals surface area contributed by atoms with E-state index in [1.54, 1.807) is 72.8 Å². The lowest BCUT2D eigenvalue weighted by atomic mass is 9.94. The lowest BCUT2D eigenvalue weighted by Gasteiger charge is -2.22. The monoisotopic (exact) mass is 647 g/mol. The molecule has 0 spiro atoms. The molecule has 1 aliphatic carbocycles. The minimum Gasteiger partial charge on any atom is -0.508 e. The van der Waals surface area contributed by atoms with Gasteiger partial charge in [-0.1, -0.05) is 24.3 Å². The molecule has 1 aromatic heterocycles. The van der Waals surface area contributed by atoms with Crippen molar-refractivity contribution in [2.45, 2.75) is 18.9 Å². The highest BCUT2D eigenvalue weighted by molar-refractivity contribution is 5.53. The Morgan fingerprint density at radius 3 is 1.62 bits per heavy atom. The van der Waals surface area contributed by atoms with Crippen LogP contribution in [0.25, 0.3) is 0 Å². The summed E-state index contributed by atoms with van der Waals surface area (Å²) < 4.78 is 0. The van der Waals surface area contributed by atoms with E-state index >= 15 is 0 Å². The van der Waals surface area contributed by atoms with Crippen LogP contribution >= 0.6 is 0 Å². The Balaban J connectivity index is 0.000000300. The summed E-state index contributed by atoms with van der Waals surface area (Å²) in [4.78, 5) is 5.63. The first-order valence-corrected chi connectivity index (χ1v) is 14.6. The number of rotatable bonds is 5. The van der Waals surface area contributed by atoms with E-state index in [2.05, 4.69) is 4.98 Å². The van der Waals surface area contributed by atoms with Crippen LogP contribution in [0.5, 0.6) is 11.5 Å². The van der Waals surface area contributed by atoms with Crippen molar-refractivity contribution < 1.29 is 20.4 Å². The van der Waals surface area contributed by atoms with Gasteiger partial charge in [0, 0.05) is 41.4 Å². The van der Waals surface area contributed by atoms with Crippen molar-refractivity contribution in [3.05, 3.63) is 115 Å². The number of allylic oxidation sites excluding steroid dienone is 1. The number of para-hydroxylation sites is 2. The van der Waals surface area contributed by atoms with Crippen molar-refractivity contribution in [2.24, 2.45) is 11.5 Å². The molecule has 0 bridgehead atoms. The molecule has 0 saturated carbocycles. The first-order valence-electron chi connectivity index (χ1n) is 14.6. The molecule has 254 valence electrons. The fourth-order valence-electron chi connectivity index (χ4n) is 3.44. The maximum atomic E-state index is 8.83. The Kier molecular flexibility index (Phi) is 17.7. The second-order valence-corrected chi connectivity index (χ2v) is 10.4. The number of phenolic OH excluding ortho intramolecular Hbond substituents is 2. The molecule has 1 aliphatic rings. The minimum atomic E-state index is -0.178. The number of anilines is 6. The van der Waals surface area contributed by atoms with Gasteiger partial charge in [0.05, 0.1) is 30.8 Å². The van der Waals surface area contributed by atoms with Gasteiger partial charge in [0.1, 0.15) is 17.3 Å². The third-order valence-electron chi connectivity index (χ3n) is 6.07. The zero-order chi connectivity index (χ0) is 35.2. The fourth-order valence-corrected chi connectivity index (χ4v) is 3.44. The molecule has 1 atom stereocenters. The average Bonchev–Trinajstić information content (AvgIpc) is 3.05. The van der Waals surface area contributed by atoms with Crippen LogP contribution in [-0.4, -0.2) is 57.3 Å². The molecular formula is C34H49N9O4. The third kappa shape index (κ3) is 18.1. The van der Waals surface area contributed by atoms with Gasteiger partial charge in [-0.05, 0) is 92.2 Å². The van der Waals surface area contributed by atoms with Crippen molar-refractivity contribution in [3.63, 3.8) is 0 Å². The van der Waals surface area contributed by atoms with Gasteiger partial charge in [-0.3, -0.25) is 0 Å². The molecule has 13 nitrogen and oxygen atoms in total. The van der Waals surface area contributed by atoms with Crippen LogP contribution < -0.4 is 45.0 Å². The van der Waals surface area contributed by atoms with E-state index in [4.69, 9.17) is 60.6 Å². The Labute approximate surface area is 276 Å². The van der Waals surface area contributed by atoms with Gasteiger partial charge >= 0.3 is 0 Å². The molecule has 0 radical (unpaired) electrons. The molecule has 0 aliphatic heterocycles. The average molecular weight is 648 g/mol. The van der Waals surface area contributed by atoms with Crippen molar-refractivity contribution in [2.75, 3.05) is 59.9 Å². The minimum absolute atomic E-state index is 0.0738. The first kappa shape index (κ1) is 39.4. The van der Waals surface area contributed by atoms with Crippen LogP contribution in [0.2, 0.25) is 0 Å². The summed E-state index contributed by atoms with van der Waals surface area (Å²) in [5, 5.41) is 35.2. The summed E-state index contributed by atoms with van der Waals surface area (Å²) in [6, 6.07) is 23.8. The number of pyridine rings is 1. The summed E-state index contributed by atoms with van der Waals surface area (Å²) in [7, 11) is 0. The second kappa shape index (κ2) is 21.2. The molecule has 13 heteroatoms. The summed E-state index contributed by atoms with van der Waals surface area (Å²) >= 11 is 0. The molecular weight excluding hydrogens is 598 g/mol. The van der Waals surface area contributed by atoms with Gasteiger partial charge in [0.25, 0.3) is 0 Å². The summed E-state index contributed by atoms with van der Waals surface area (Å²) in [6.45, 7) is 3.16. The van der Waals surface area contributed by atoms with E-state index < -0.39 is 0 Å². The number of hydrogen-bond donors (Lipinski definition) is 11. The Morgan fingerprint density at radius 2 is 1.26 bits per heavy atom. The maximum Gasteiger partial charge on any atom is 0.138 e. The smallest absolute Gasteiger partial charge is 0.138 e. The number of benzene rings is 3. The first-order chi connectivity index (χ1) is 22.3. The molecule has 47 heavy (non-hydrogen) atoms. The number of aliphatic hydroxyl groups is 2. The number of nitrogens with zero attached hydrogens (tertiary/aromatic N) is 2. The van der Waals surface area contributed by atoms with Crippen molar-refractivity contribution in [1.82, 2.24) is 4.98 Å². The number of aromatic nitrogens is 1. The topological polar surface area (TPSA) is 279 Å². The molecule has 18 N–H and O–H groups in total. The SMILES string of the molecule is CC1(N)C=CC(N)=CC1.Nc1ccc(N(CCO)CCO)cc1.Nc1ccc(N)nc1.Nc1ccc(O)cc1.Nc1ccccc1O.